The van der Waals surface area contributed by atoms with Gasteiger partial charge in [0.15, 0.2) is 0 Å². The highest BCUT2D eigenvalue weighted by Crippen LogP contribution is 2.27. The number of carbonyl (C=O) groups excluding carboxylic acids is 1. The Bertz CT molecular complexity index is 831. The zero-order chi connectivity index (χ0) is 18.5. The van der Waals surface area contributed by atoms with Crippen LogP contribution in [-0.2, 0) is 11.8 Å². The Kier molecular flexibility index (Phi) is 6.08. The molecule has 1 amide bonds. The van der Waals surface area contributed by atoms with Crippen molar-refractivity contribution in [3.8, 4) is 0 Å². The van der Waals surface area contributed by atoms with E-state index in [4.69, 9.17) is 16.3 Å². The molecule has 138 valence electrons. The molecule has 1 aromatic heterocycles. The number of aromatic nitrogens is 1. The number of pyridine rings is 1. The molecule has 1 aliphatic heterocycles. The average molecular weight is 376 g/mol. The number of hydrogen-bond donors (Lipinski definition) is 1. The van der Waals surface area contributed by atoms with Crippen molar-refractivity contribution < 1.29 is 9.53 Å². The summed E-state index contributed by atoms with van der Waals surface area (Å²) in [6.07, 6.45) is 1.59. The molecule has 7 heteroatoms. The average Bonchev–Trinajstić information content (AvgIpc) is 2.66. The number of rotatable bonds is 5. The largest absolute Gasteiger partial charge is 0.379 e. The summed E-state index contributed by atoms with van der Waals surface area (Å²) in [6.45, 7) is 3.26. The summed E-state index contributed by atoms with van der Waals surface area (Å²) in [6, 6.07) is 10.6. The molecule has 0 aliphatic carbocycles. The Labute approximate surface area is 157 Å². The molecule has 26 heavy (non-hydrogen) atoms. The summed E-state index contributed by atoms with van der Waals surface area (Å²) in [5.41, 5.74) is 1.11. The minimum atomic E-state index is -0.270. The lowest BCUT2D eigenvalue weighted by molar-refractivity contribution is 0.0162. The van der Waals surface area contributed by atoms with E-state index >= 15 is 0 Å². The molecule has 1 atom stereocenters. The van der Waals surface area contributed by atoms with E-state index < -0.39 is 0 Å². The molecule has 1 N–H and O–H groups in total. The molecular weight excluding hydrogens is 354 g/mol. The van der Waals surface area contributed by atoms with Crippen molar-refractivity contribution in [3.63, 3.8) is 0 Å². The van der Waals surface area contributed by atoms with Crippen molar-refractivity contribution in [1.82, 2.24) is 14.8 Å². The molecule has 3 rings (SSSR count). The summed E-state index contributed by atoms with van der Waals surface area (Å²) in [5.74, 6) is -0.270. The standard InChI is InChI=1S/C19H22ClN3O3/c1-22-7-6-14(12-18(22)24)19(25)21-13-17(23-8-10-26-11-9-23)15-4-2-3-5-16(15)20/h2-7,12,17H,8-11,13H2,1H3,(H,21,25). The summed E-state index contributed by atoms with van der Waals surface area (Å²) in [4.78, 5) is 26.5. The van der Waals surface area contributed by atoms with Crippen LogP contribution in [0.4, 0.5) is 0 Å². The molecule has 2 heterocycles. The second-order valence-electron chi connectivity index (χ2n) is 6.26. The lowest BCUT2D eigenvalue weighted by Gasteiger charge is -2.35. The number of amides is 1. The van der Waals surface area contributed by atoms with E-state index in [1.807, 2.05) is 24.3 Å². The predicted molar refractivity (Wildman–Crippen MR) is 101 cm³/mol. The molecule has 2 aromatic rings. The normalized spacial score (nSPS) is 16.2. The maximum Gasteiger partial charge on any atom is 0.251 e. The summed E-state index contributed by atoms with van der Waals surface area (Å²) in [7, 11) is 1.65. The summed E-state index contributed by atoms with van der Waals surface area (Å²) in [5, 5.41) is 3.61. The zero-order valence-electron chi connectivity index (χ0n) is 14.7. The van der Waals surface area contributed by atoms with Gasteiger partial charge in [0.1, 0.15) is 0 Å². The van der Waals surface area contributed by atoms with Crippen LogP contribution < -0.4 is 10.9 Å². The number of nitrogens with zero attached hydrogens (tertiary/aromatic N) is 2. The maximum atomic E-state index is 12.5. The Hall–Kier alpha value is -2.15. The third kappa shape index (κ3) is 4.33. The van der Waals surface area contributed by atoms with Crippen LogP contribution in [0.1, 0.15) is 22.0 Å². The molecule has 1 saturated heterocycles. The van der Waals surface area contributed by atoms with Gasteiger partial charge in [-0.1, -0.05) is 29.8 Å². The second kappa shape index (κ2) is 8.49. The van der Waals surface area contributed by atoms with Crippen molar-refractivity contribution in [2.45, 2.75) is 6.04 Å². The van der Waals surface area contributed by atoms with Crippen LogP contribution in [0.15, 0.2) is 47.4 Å². The Morgan fingerprint density at radius 2 is 2.00 bits per heavy atom. The lowest BCUT2D eigenvalue weighted by Crippen LogP contribution is -2.44. The Balaban J connectivity index is 1.77. The molecule has 0 radical (unpaired) electrons. The molecule has 1 aromatic carbocycles. The van der Waals surface area contributed by atoms with Crippen molar-refractivity contribution in [2.75, 3.05) is 32.8 Å². The minimum Gasteiger partial charge on any atom is -0.379 e. The van der Waals surface area contributed by atoms with Gasteiger partial charge in [0, 0.05) is 49.5 Å². The number of morpholine rings is 1. The summed E-state index contributed by atoms with van der Waals surface area (Å²) < 4.78 is 6.86. The SMILES string of the molecule is Cn1ccc(C(=O)NCC(c2ccccc2Cl)N2CCOCC2)cc1=O. The van der Waals surface area contributed by atoms with Crippen molar-refractivity contribution in [3.05, 3.63) is 69.1 Å². The van der Waals surface area contributed by atoms with Crippen molar-refractivity contribution in [1.29, 1.82) is 0 Å². The number of aryl methyl sites for hydroxylation is 1. The third-order valence-corrected chi connectivity index (χ3v) is 4.92. The molecule has 1 aliphatic rings. The molecule has 6 nitrogen and oxygen atoms in total. The predicted octanol–water partition coefficient (Wildman–Crippen LogP) is 1.84. The van der Waals surface area contributed by atoms with Crippen LogP contribution >= 0.6 is 11.6 Å². The minimum absolute atomic E-state index is 0.0527. The highest BCUT2D eigenvalue weighted by molar-refractivity contribution is 6.31. The zero-order valence-corrected chi connectivity index (χ0v) is 15.4. The second-order valence-corrected chi connectivity index (χ2v) is 6.67. The fourth-order valence-corrected chi connectivity index (χ4v) is 3.31. The van der Waals surface area contributed by atoms with Gasteiger partial charge in [0.2, 0.25) is 0 Å². The first-order valence-corrected chi connectivity index (χ1v) is 8.95. The number of hydrogen-bond acceptors (Lipinski definition) is 4. The van der Waals surface area contributed by atoms with Gasteiger partial charge in [-0.25, -0.2) is 0 Å². The number of halogens is 1. The molecule has 1 unspecified atom stereocenters. The van der Waals surface area contributed by atoms with E-state index in [0.717, 1.165) is 18.7 Å². The molecular formula is C19H22ClN3O3. The monoisotopic (exact) mass is 375 g/mol. The van der Waals surface area contributed by atoms with Gasteiger partial charge in [-0.2, -0.15) is 0 Å². The van der Waals surface area contributed by atoms with Gasteiger partial charge in [0.25, 0.3) is 11.5 Å². The van der Waals surface area contributed by atoms with E-state index in [9.17, 15) is 9.59 Å². The van der Waals surface area contributed by atoms with Crippen LogP contribution in [-0.4, -0.2) is 48.2 Å². The van der Waals surface area contributed by atoms with Crippen LogP contribution in [0.25, 0.3) is 0 Å². The van der Waals surface area contributed by atoms with E-state index in [0.29, 0.717) is 30.3 Å². The Morgan fingerprint density at radius 3 is 2.69 bits per heavy atom. The van der Waals surface area contributed by atoms with Crippen LogP contribution in [0.2, 0.25) is 5.02 Å². The third-order valence-electron chi connectivity index (χ3n) is 4.57. The van der Waals surface area contributed by atoms with Gasteiger partial charge < -0.3 is 14.6 Å². The molecule has 1 fully saturated rings. The fourth-order valence-electron chi connectivity index (χ4n) is 3.05. The van der Waals surface area contributed by atoms with E-state index in [1.54, 1.807) is 19.3 Å². The summed E-state index contributed by atoms with van der Waals surface area (Å²) >= 11 is 6.39. The highest BCUT2D eigenvalue weighted by atomic mass is 35.5. The lowest BCUT2D eigenvalue weighted by atomic mass is 10.0. The van der Waals surface area contributed by atoms with Gasteiger partial charge in [-0.15, -0.1) is 0 Å². The Morgan fingerprint density at radius 1 is 1.27 bits per heavy atom. The van der Waals surface area contributed by atoms with Gasteiger partial charge in [0.05, 0.1) is 19.3 Å². The van der Waals surface area contributed by atoms with Crippen molar-refractivity contribution >= 4 is 17.5 Å². The van der Waals surface area contributed by atoms with E-state index in [2.05, 4.69) is 10.2 Å². The van der Waals surface area contributed by atoms with E-state index in [-0.39, 0.29) is 17.5 Å². The molecule has 0 bridgehead atoms. The molecule has 0 saturated carbocycles. The quantitative estimate of drug-likeness (QED) is 0.866. The van der Waals surface area contributed by atoms with E-state index in [1.165, 1.54) is 10.6 Å². The van der Waals surface area contributed by atoms with Crippen LogP contribution in [0.5, 0.6) is 0 Å². The first-order chi connectivity index (χ1) is 12.6. The first-order valence-electron chi connectivity index (χ1n) is 8.57. The smallest absolute Gasteiger partial charge is 0.251 e. The fraction of sp³-hybridized carbons (Fsp3) is 0.368. The first kappa shape index (κ1) is 18.6. The van der Waals surface area contributed by atoms with Gasteiger partial charge in [-0.05, 0) is 17.7 Å². The van der Waals surface area contributed by atoms with Gasteiger partial charge >= 0.3 is 0 Å². The van der Waals surface area contributed by atoms with Crippen molar-refractivity contribution in [2.24, 2.45) is 7.05 Å². The number of benzene rings is 1. The maximum absolute atomic E-state index is 12.5. The number of nitrogens with one attached hydrogen (secondary N) is 1. The number of carbonyl (C=O) groups is 1. The topological polar surface area (TPSA) is 63.6 Å². The van der Waals surface area contributed by atoms with Crippen LogP contribution in [0, 0.1) is 0 Å². The van der Waals surface area contributed by atoms with Crippen LogP contribution in [0.3, 0.4) is 0 Å². The highest BCUT2D eigenvalue weighted by Gasteiger charge is 2.25. The number of ether oxygens (including phenoxy) is 1. The molecule has 0 spiro atoms. The van der Waals surface area contributed by atoms with Gasteiger partial charge in [-0.3, -0.25) is 14.5 Å².